The quantitative estimate of drug-likeness (QED) is 0.734. The molecule has 3 rings (SSSR count). The van der Waals surface area contributed by atoms with Gasteiger partial charge in [-0.2, -0.15) is 0 Å². The van der Waals surface area contributed by atoms with E-state index in [4.69, 9.17) is 4.42 Å². The summed E-state index contributed by atoms with van der Waals surface area (Å²) in [7, 11) is 0. The molecule has 108 valence electrons. The first-order chi connectivity index (χ1) is 10.4. The number of aliphatic hydroxyl groups is 1. The van der Waals surface area contributed by atoms with E-state index in [0.29, 0.717) is 12.4 Å². The minimum Gasteiger partial charge on any atom is -0.444 e. The predicted octanol–water partition coefficient (Wildman–Crippen LogP) is 3.23. The number of nitrogens with one attached hydrogen (secondary N) is 1. The summed E-state index contributed by atoms with van der Waals surface area (Å²) in [4.78, 5) is 5.47. The van der Waals surface area contributed by atoms with E-state index in [2.05, 4.69) is 10.3 Å². The normalized spacial score (nSPS) is 12.4. The summed E-state index contributed by atoms with van der Waals surface area (Å²) in [5.41, 5.74) is 1.88. The van der Waals surface area contributed by atoms with Gasteiger partial charge >= 0.3 is 0 Å². The molecule has 21 heavy (non-hydrogen) atoms. The van der Waals surface area contributed by atoms with E-state index < -0.39 is 0 Å². The van der Waals surface area contributed by atoms with Crippen LogP contribution in [-0.4, -0.2) is 16.7 Å². The molecule has 2 heterocycles. The summed E-state index contributed by atoms with van der Waals surface area (Å²) in [6, 6.07) is 13.7. The molecule has 2 aromatic heterocycles. The summed E-state index contributed by atoms with van der Waals surface area (Å²) in [6.07, 6.45) is 1.65. The number of rotatable bonds is 6. The summed E-state index contributed by atoms with van der Waals surface area (Å²) >= 11 is 1.60. The van der Waals surface area contributed by atoms with E-state index in [9.17, 15) is 5.11 Å². The third-order valence-electron chi connectivity index (χ3n) is 3.20. The molecule has 5 heteroatoms. The van der Waals surface area contributed by atoms with E-state index in [-0.39, 0.29) is 12.6 Å². The molecule has 0 spiro atoms. The van der Waals surface area contributed by atoms with Gasteiger partial charge in [0.2, 0.25) is 5.89 Å². The minimum absolute atomic E-state index is 0.0413. The molecule has 1 atom stereocenters. The Kier molecular flexibility index (Phi) is 4.45. The second-order valence-corrected chi connectivity index (χ2v) is 5.60. The third kappa shape index (κ3) is 3.39. The van der Waals surface area contributed by atoms with Gasteiger partial charge in [-0.05, 0) is 17.0 Å². The van der Waals surface area contributed by atoms with Crippen molar-refractivity contribution in [1.29, 1.82) is 0 Å². The van der Waals surface area contributed by atoms with Gasteiger partial charge in [-0.15, -0.1) is 11.3 Å². The molecule has 0 saturated heterocycles. The molecule has 0 radical (unpaired) electrons. The second kappa shape index (κ2) is 6.67. The van der Waals surface area contributed by atoms with Crippen LogP contribution >= 0.6 is 11.3 Å². The lowest BCUT2D eigenvalue weighted by Crippen LogP contribution is -2.24. The molecule has 0 aliphatic heterocycles. The number of nitrogens with zero attached hydrogens (tertiary/aromatic N) is 1. The summed E-state index contributed by atoms with van der Waals surface area (Å²) in [5.74, 6) is 0.641. The zero-order chi connectivity index (χ0) is 14.5. The standard InChI is InChI=1S/C16H16N2O2S/c19-10-14(12-5-2-1-3-6-12)17-9-13-11-20-16(18-13)15-7-4-8-21-15/h1-8,11,14,17,19H,9-10H2. The maximum absolute atomic E-state index is 9.51. The lowest BCUT2D eigenvalue weighted by atomic mass is 10.1. The Hall–Kier alpha value is -1.95. The molecular formula is C16H16N2O2S. The Morgan fingerprint density at radius 1 is 1.19 bits per heavy atom. The highest BCUT2D eigenvalue weighted by Gasteiger charge is 2.12. The molecule has 1 unspecified atom stereocenters. The molecule has 0 amide bonds. The Balaban J connectivity index is 1.64. The van der Waals surface area contributed by atoms with Crippen LogP contribution in [0.25, 0.3) is 10.8 Å². The van der Waals surface area contributed by atoms with Crippen molar-refractivity contribution >= 4 is 11.3 Å². The van der Waals surface area contributed by atoms with Gasteiger partial charge in [0.15, 0.2) is 0 Å². The SMILES string of the molecule is OCC(NCc1coc(-c2cccs2)n1)c1ccccc1. The van der Waals surface area contributed by atoms with Gasteiger partial charge in [0, 0.05) is 6.54 Å². The van der Waals surface area contributed by atoms with E-state index in [1.807, 2.05) is 47.8 Å². The van der Waals surface area contributed by atoms with Crippen LogP contribution < -0.4 is 5.32 Å². The van der Waals surface area contributed by atoms with Gasteiger partial charge in [0.05, 0.1) is 23.2 Å². The minimum atomic E-state index is -0.104. The fourth-order valence-electron chi connectivity index (χ4n) is 2.10. The first-order valence-corrected chi connectivity index (χ1v) is 7.62. The number of aromatic nitrogens is 1. The van der Waals surface area contributed by atoms with Crippen LogP contribution in [0.5, 0.6) is 0 Å². The van der Waals surface area contributed by atoms with Crippen molar-refractivity contribution < 1.29 is 9.52 Å². The van der Waals surface area contributed by atoms with E-state index >= 15 is 0 Å². The highest BCUT2D eigenvalue weighted by molar-refractivity contribution is 7.13. The zero-order valence-corrected chi connectivity index (χ0v) is 12.2. The Bertz CT molecular complexity index is 665. The van der Waals surface area contributed by atoms with E-state index in [1.54, 1.807) is 17.6 Å². The number of thiophene rings is 1. The van der Waals surface area contributed by atoms with Crippen molar-refractivity contribution in [2.75, 3.05) is 6.61 Å². The Morgan fingerprint density at radius 2 is 2.05 bits per heavy atom. The maximum Gasteiger partial charge on any atom is 0.236 e. The van der Waals surface area contributed by atoms with E-state index in [1.165, 1.54) is 0 Å². The van der Waals surface area contributed by atoms with Crippen molar-refractivity contribution in [3.63, 3.8) is 0 Å². The number of hydrogen-bond donors (Lipinski definition) is 2. The van der Waals surface area contributed by atoms with Crippen LogP contribution in [0.2, 0.25) is 0 Å². The topological polar surface area (TPSA) is 58.3 Å². The van der Waals surface area contributed by atoms with Crippen LogP contribution in [0.15, 0.2) is 58.5 Å². The molecule has 1 aromatic carbocycles. The van der Waals surface area contributed by atoms with Gasteiger partial charge in [0.25, 0.3) is 0 Å². The molecule has 2 N–H and O–H groups in total. The first-order valence-electron chi connectivity index (χ1n) is 6.74. The molecule has 3 aromatic rings. The molecule has 0 bridgehead atoms. The molecule has 0 aliphatic rings. The fourth-order valence-corrected chi connectivity index (χ4v) is 2.76. The molecular weight excluding hydrogens is 284 g/mol. The average Bonchev–Trinajstić information content (AvgIpc) is 3.20. The maximum atomic E-state index is 9.51. The van der Waals surface area contributed by atoms with Gasteiger partial charge in [0.1, 0.15) is 6.26 Å². The van der Waals surface area contributed by atoms with Crippen LogP contribution in [-0.2, 0) is 6.54 Å². The van der Waals surface area contributed by atoms with Crippen molar-refractivity contribution in [2.24, 2.45) is 0 Å². The Labute approximate surface area is 127 Å². The fraction of sp³-hybridized carbons (Fsp3) is 0.188. The smallest absolute Gasteiger partial charge is 0.236 e. The van der Waals surface area contributed by atoms with Gasteiger partial charge in [-0.25, -0.2) is 4.98 Å². The highest BCUT2D eigenvalue weighted by atomic mass is 32.1. The Morgan fingerprint density at radius 3 is 2.76 bits per heavy atom. The molecule has 0 fully saturated rings. The average molecular weight is 300 g/mol. The van der Waals surface area contributed by atoms with Gasteiger partial charge in [-0.3, -0.25) is 0 Å². The molecule has 0 aliphatic carbocycles. The second-order valence-electron chi connectivity index (χ2n) is 4.65. The summed E-state index contributed by atoms with van der Waals surface area (Å²) in [6.45, 7) is 0.592. The van der Waals surface area contributed by atoms with Gasteiger partial charge < -0.3 is 14.8 Å². The highest BCUT2D eigenvalue weighted by Crippen LogP contribution is 2.23. The monoisotopic (exact) mass is 300 g/mol. The van der Waals surface area contributed by atoms with Gasteiger partial charge in [-0.1, -0.05) is 36.4 Å². The van der Waals surface area contributed by atoms with Crippen molar-refractivity contribution in [3.8, 4) is 10.8 Å². The summed E-state index contributed by atoms with van der Waals surface area (Å²) in [5, 5.41) is 14.8. The number of oxazole rings is 1. The van der Waals surface area contributed by atoms with Crippen LogP contribution in [0.1, 0.15) is 17.3 Å². The van der Waals surface area contributed by atoms with Crippen molar-refractivity contribution in [2.45, 2.75) is 12.6 Å². The van der Waals surface area contributed by atoms with Crippen LogP contribution in [0.3, 0.4) is 0 Å². The summed E-state index contributed by atoms with van der Waals surface area (Å²) < 4.78 is 5.48. The van der Waals surface area contributed by atoms with Crippen molar-refractivity contribution in [1.82, 2.24) is 10.3 Å². The lowest BCUT2D eigenvalue weighted by molar-refractivity contribution is 0.243. The van der Waals surface area contributed by atoms with E-state index in [0.717, 1.165) is 16.1 Å². The van der Waals surface area contributed by atoms with Crippen LogP contribution in [0.4, 0.5) is 0 Å². The van der Waals surface area contributed by atoms with Crippen molar-refractivity contribution in [3.05, 3.63) is 65.4 Å². The number of benzene rings is 1. The number of aliphatic hydroxyl groups excluding tert-OH is 1. The predicted molar refractivity (Wildman–Crippen MR) is 82.9 cm³/mol. The first kappa shape index (κ1) is 14.0. The third-order valence-corrected chi connectivity index (χ3v) is 4.06. The zero-order valence-electron chi connectivity index (χ0n) is 11.4. The lowest BCUT2D eigenvalue weighted by Gasteiger charge is -2.15. The molecule has 4 nitrogen and oxygen atoms in total. The largest absolute Gasteiger partial charge is 0.444 e. The molecule has 0 saturated carbocycles. The number of hydrogen-bond acceptors (Lipinski definition) is 5. The van der Waals surface area contributed by atoms with Crippen LogP contribution in [0, 0.1) is 0 Å².